The molecule has 0 spiro atoms. The fourth-order valence-electron chi connectivity index (χ4n) is 3.62. The van der Waals surface area contributed by atoms with Crippen LogP contribution in [-0.2, 0) is 10.0 Å². The van der Waals surface area contributed by atoms with Crippen LogP contribution in [0.25, 0.3) is 0 Å². The molecule has 0 saturated carbocycles. The number of anilines is 2. The Morgan fingerprint density at radius 2 is 1.88 bits per heavy atom. The summed E-state index contributed by atoms with van der Waals surface area (Å²) < 4.78 is 25.7. The third-order valence-corrected chi connectivity index (χ3v) is 6.61. The van der Waals surface area contributed by atoms with Crippen molar-refractivity contribution < 1.29 is 13.2 Å². The van der Waals surface area contributed by atoms with Crippen LogP contribution in [-0.4, -0.2) is 45.4 Å². The zero-order valence-corrected chi connectivity index (χ0v) is 19.7. The van der Waals surface area contributed by atoms with Crippen molar-refractivity contribution in [2.75, 3.05) is 30.0 Å². The first-order valence-electron chi connectivity index (χ1n) is 10.0. The molecule has 9 heteroatoms. The van der Waals surface area contributed by atoms with E-state index in [4.69, 9.17) is 0 Å². The number of hydrogen-bond donors (Lipinski definition) is 1. The lowest BCUT2D eigenvalue weighted by atomic mass is 9.98. The van der Waals surface area contributed by atoms with Gasteiger partial charge in [-0.25, -0.2) is 13.4 Å². The van der Waals surface area contributed by atoms with Crippen LogP contribution in [0, 0.1) is 0 Å². The van der Waals surface area contributed by atoms with Crippen LogP contribution < -0.4 is 9.62 Å². The van der Waals surface area contributed by atoms with Gasteiger partial charge in [0.05, 0.1) is 22.9 Å². The smallest absolute Gasteiger partial charge is 0.284 e. The number of amides is 1. The molecule has 32 heavy (non-hydrogen) atoms. The van der Waals surface area contributed by atoms with Crippen LogP contribution in [0.2, 0.25) is 0 Å². The molecule has 1 atom stereocenters. The van der Waals surface area contributed by atoms with Crippen LogP contribution in [0.4, 0.5) is 11.4 Å². The Bertz CT molecular complexity index is 1250. The molecular weight excluding hydrogens is 444 g/mol. The maximum atomic E-state index is 13.2. The number of benzene rings is 2. The third kappa shape index (κ3) is 4.84. The van der Waals surface area contributed by atoms with E-state index in [2.05, 4.69) is 9.82 Å². The van der Waals surface area contributed by atoms with E-state index < -0.39 is 10.0 Å². The molecule has 1 aromatic heterocycles. The molecule has 0 fully saturated rings. The standard InChI is InChI=1S/C23H24N4O3S2/c1-26(2)19-11-9-16(10-12-19)21-15-20(24-27(21)23(28)22-8-5-13-31-22)17-6-4-7-18(14-17)25-32(3,29)30/h4-14,21,25H,15H2,1-3H3/t21-/m0/s1. The summed E-state index contributed by atoms with van der Waals surface area (Å²) in [4.78, 5) is 15.9. The van der Waals surface area contributed by atoms with Crippen molar-refractivity contribution in [2.24, 2.45) is 5.10 Å². The van der Waals surface area contributed by atoms with Gasteiger partial charge in [-0.15, -0.1) is 11.3 Å². The van der Waals surface area contributed by atoms with E-state index in [9.17, 15) is 13.2 Å². The number of hydrazone groups is 1. The molecule has 4 rings (SSSR count). The summed E-state index contributed by atoms with van der Waals surface area (Å²) in [5.74, 6) is -0.151. The van der Waals surface area contributed by atoms with E-state index in [1.807, 2.05) is 60.8 Å². The van der Waals surface area contributed by atoms with E-state index >= 15 is 0 Å². The molecule has 166 valence electrons. The van der Waals surface area contributed by atoms with Crippen molar-refractivity contribution >= 4 is 44.4 Å². The largest absolute Gasteiger partial charge is 0.378 e. The second kappa shape index (κ2) is 8.76. The second-order valence-electron chi connectivity index (χ2n) is 7.83. The van der Waals surface area contributed by atoms with Gasteiger partial charge in [0.25, 0.3) is 5.91 Å². The lowest BCUT2D eigenvalue weighted by Crippen LogP contribution is -2.26. The van der Waals surface area contributed by atoms with E-state index in [1.54, 1.807) is 29.3 Å². The quantitative estimate of drug-likeness (QED) is 0.589. The highest BCUT2D eigenvalue weighted by molar-refractivity contribution is 7.92. The van der Waals surface area contributed by atoms with Crippen LogP contribution >= 0.6 is 11.3 Å². The molecule has 0 bridgehead atoms. The molecule has 0 unspecified atom stereocenters. The van der Waals surface area contributed by atoms with E-state index in [0.29, 0.717) is 17.0 Å². The van der Waals surface area contributed by atoms with Gasteiger partial charge in [-0.3, -0.25) is 9.52 Å². The molecule has 2 aromatic carbocycles. The van der Waals surface area contributed by atoms with Crippen LogP contribution in [0.3, 0.4) is 0 Å². The predicted octanol–water partition coefficient (Wildman–Crippen LogP) is 4.18. The number of nitrogens with zero attached hydrogens (tertiary/aromatic N) is 3. The van der Waals surface area contributed by atoms with Crippen molar-refractivity contribution in [1.29, 1.82) is 0 Å². The van der Waals surface area contributed by atoms with Gasteiger partial charge in [0.1, 0.15) is 0 Å². The number of rotatable bonds is 6. The number of carbonyl (C=O) groups is 1. The van der Waals surface area contributed by atoms with Crippen LogP contribution in [0.1, 0.15) is 33.3 Å². The zero-order chi connectivity index (χ0) is 22.9. The molecule has 7 nitrogen and oxygen atoms in total. The Morgan fingerprint density at radius 1 is 1.12 bits per heavy atom. The maximum absolute atomic E-state index is 13.2. The first-order chi connectivity index (χ1) is 15.2. The molecule has 0 saturated heterocycles. The minimum Gasteiger partial charge on any atom is -0.378 e. The topological polar surface area (TPSA) is 82.1 Å². The minimum atomic E-state index is -3.39. The van der Waals surface area contributed by atoms with Crippen molar-refractivity contribution in [2.45, 2.75) is 12.5 Å². The molecular formula is C23H24N4O3S2. The lowest BCUT2D eigenvalue weighted by molar-refractivity contribution is 0.0716. The number of carbonyl (C=O) groups excluding carboxylic acids is 1. The summed E-state index contributed by atoms with van der Waals surface area (Å²) in [6.07, 6.45) is 1.64. The van der Waals surface area contributed by atoms with E-state index in [-0.39, 0.29) is 11.9 Å². The predicted molar refractivity (Wildman–Crippen MR) is 130 cm³/mol. The second-order valence-corrected chi connectivity index (χ2v) is 10.5. The summed E-state index contributed by atoms with van der Waals surface area (Å²) >= 11 is 1.38. The average molecular weight is 469 g/mol. The molecule has 1 amide bonds. The summed E-state index contributed by atoms with van der Waals surface area (Å²) in [5, 5.41) is 8.10. The molecule has 2 heterocycles. The van der Waals surface area contributed by atoms with Crippen molar-refractivity contribution in [1.82, 2.24) is 5.01 Å². The highest BCUT2D eigenvalue weighted by Crippen LogP contribution is 2.35. The Kier molecular flexibility index (Phi) is 6.03. The van der Waals surface area contributed by atoms with Gasteiger partial charge in [0.15, 0.2) is 0 Å². The molecule has 1 N–H and O–H groups in total. The van der Waals surface area contributed by atoms with E-state index in [1.165, 1.54) is 11.3 Å². The normalized spacial score (nSPS) is 16.0. The van der Waals surface area contributed by atoms with Crippen molar-refractivity contribution in [3.05, 3.63) is 82.0 Å². The summed E-state index contributed by atoms with van der Waals surface area (Å²) in [6, 6.07) is 18.6. The minimum absolute atomic E-state index is 0.151. The van der Waals surface area contributed by atoms with Crippen molar-refractivity contribution in [3.63, 3.8) is 0 Å². The zero-order valence-electron chi connectivity index (χ0n) is 18.0. The van der Waals surface area contributed by atoms with E-state index in [0.717, 1.165) is 28.8 Å². The molecule has 3 aromatic rings. The van der Waals surface area contributed by atoms with Gasteiger partial charge < -0.3 is 4.90 Å². The first-order valence-corrected chi connectivity index (χ1v) is 12.8. The highest BCUT2D eigenvalue weighted by Gasteiger charge is 2.34. The molecule has 0 aliphatic carbocycles. The van der Waals surface area contributed by atoms with Crippen molar-refractivity contribution in [3.8, 4) is 0 Å². The van der Waals surface area contributed by atoms with Gasteiger partial charge >= 0.3 is 0 Å². The van der Waals surface area contributed by atoms with Crippen LogP contribution in [0.5, 0.6) is 0 Å². The Balaban J connectivity index is 1.69. The first kappa shape index (κ1) is 22.0. The molecule has 1 aliphatic heterocycles. The van der Waals surface area contributed by atoms with Gasteiger partial charge in [0.2, 0.25) is 10.0 Å². The summed E-state index contributed by atoms with van der Waals surface area (Å²) in [7, 11) is 0.571. The number of thiophene rings is 1. The molecule has 0 radical (unpaired) electrons. The Hall–Kier alpha value is -3.17. The van der Waals surface area contributed by atoms with Gasteiger partial charge in [-0.1, -0.05) is 30.3 Å². The lowest BCUT2D eigenvalue weighted by Gasteiger charge is -2.22. The summed E-state index contributed by atoms with van der Waals surface area (Å²) in [6.45, 7) is 0. The monoisotopic (exact) mass is 468 g/mol. The van der Waals surface area contributed by atoms with Gasteiger partial charge in [-0.05, 0) is 46.8 Å². The van der Waals surface area contributed by atoms with Crippen LogP contribution in [0.15, 0.2) is 71.1 Å². The fraction of sp³-hybridized carbons (Fsp3) is 0.217. The number of sulfonamides is 1. The summed E-state index contributed by atoms with van der Waals surface area (Å²) in [5.41, 5.74) is 4.03. The number of hydrogen-bond acceptors (Lipinski definition) is 6. The SMILES string of the molecule is CN(C)c1ccc([C@@H]2CC(c3cccc(NS(C)(=O)=O)c3)=NN2C(=O)c2cccs2)cc1. The Morgan fingerprint density at radius 3 is 2.50 bits per heavy atom. The Labute approximate surface area is 192 Å². The van der Waals surface area contributed by atoms with Gasteiger partial charge in [0, 0.05) is 31.9 Å². The third-order valence-electron chi connectivity index (χ3n) is 5.14. The highest BCUT2D eigenvalue weighted by atomic mass is 32.2. The molecule has 1 aliphatic rings. The number of nitrogens with one attached hydrogen (secondary N) is 1. The maximum Gasteiger partial charge on any atom is 0.284 e. The fourth-order valence-corrected chi connectivity index (χ4v) is 4.83. The van der Waals surface area contributed by atoms with Gasteiger partial charge in [-0.2, -0.15) is 5.10 Å². The average Bonchev–Trinajstić information content (AvgIpc) is 3.43.